The summed E-state index contributed by atoms with van der Waals surface area (Å²) in [6.07, 6.45) is 4.25. The molecule has 0 saturated carbocycles. The third-order valence-corrected chi connectivity index (χ3v) is 5.41. The quantitative estimate of drug-likeness (QED) is 0.781. The van der Waals surface area contributed by atoms with Crippen LogP contribution in [0.1, 0.15) is 12.8 Å². The number of halogens is 1. The highest BCUT2D eigenvalue weighted by Crippen LogP contribution is 2.32. The Hall–Kier alpha value is -2.47. The van der Waals surface area contributed by atoms with Crippen molar-refractivity contribution in [2.45, 2.75) is 18.9 Å². The summed E-state index contributed by atoms with van der Waals surface area (Å²) in [6, 6.07) is 11.2. The second kappa shape index (κ2) is 5.81. The fraction of sp³-hybridized carbons (Fsp3) is 0.368. The highest BCUT2D eigenvalue weighted by Gasteiger charge is 2.35. The Kier molecular flexibility index (Phi) is 3.45. The lowest BCUT2D eigenvalue weighted by Crippen LogP contribution is -2.40. The van der Waals surface area contributed by atoms with E-state index >= 15 is 0 Å². The first-order valence-corrected chi connectivity index (χ1v) is 8.87. The molecule has 0 spiro atoms. The van der Waals surface area contributed by atoms with E-state index in [1.165, 1.54) is 18.9 Å². The van der Waals surface area contributed by atoms with Gasteiger partial charge >= 0.3 is 0 Å². The smallest absolute Gasteiger partial charge is 0.157 e. The molecule has 0 bridgehead atoms. The van der Waals surface area contributed by atoms with E-state index in [0.717, 1.165) is 31.1 Å². The number of nitrogens with zero attached hydrogens (tertiary/aromatic N) is 4. The molecular weight excluding hydrogens is 317 g/mol. The molecule has 5 nitrogen and oxygen atoms in total. The predicted octanol–water partition coefficient (Wildman–Crippen LogP) is 2.72. The number of fused-ring (bicyclic) bond motifs is 2. The van der Waals surface area contributed by atoms with Gasteiger partial charge in [0, 0.05) is 36.8 Å². The molecule has 0 unspecified atom stereocenters. The molecule has 0 aliphatic carbocycles. The number of anilines is 1. The minimum atomic E-state index is -0.249. The van der Waals surface area contributed by atoms with Crippen molar-refractivity contribution in [2.75, 3.05) is 24.5 Å². The molecule has 0 radical (unpaired) electrons. The van der Waals surface area contributed by atoms with Crippen molar-refractivity contribution in [3.63, 3.8) is 0 Å². The maximum atomic E-state index is 14.3. The topological polar surface area (TPSA) is 45.5 Å². The van der Waals surface area contributed by atoms with Gasteiger partial charge in [-0.05, 0) is 37.4 Å². The molecule has 4 heterocycles. The summed E-state index contributed by atoms with van der Waals surface area (Å²) in [5, 5.41) is 8.07. The number of aromatic nitrogens is 3. The minimum Gasteiger partial charge on any atom is -0.355 e. The van der Waals surface area contributed by atoms with Crippen molar-refractivity contribution >= 4 is 11.5 Å². The van der Waals surface area contributed by atoms with E-state index in [9.17, 15) is 4.39 Å². The van der Waals surface area contributed by atoms with Gasteiger partial charge in [-0.1, -0.05) is 12.1 Å². The summed E-state index contributed by atoms with van der Waals surface area (Å²) in [7, 11) is 0. The van der Waals surface area contributed by atoms with Gasteiger partial charge < -0.3 is 10.2 Å². The van der Waals surface area contributed by atoms with Crippen molar-refractivity contribution < 1.29 is 4.39 Å². The van der Waals surface area contributed by atoms with Gasteiger partial charge in [0.2, 0.25) is 0 Å². The van der Waals surface area contributed by atoms with Crippen LogP contribution < -0.4 is 10.2 Å². The van der Waals surface area contributed by atoms with E-state index in [4.69, 9.17) is 0 Å². The lowest BCUT2D eigenvalue weighted by Gasteiger charge is -2.24. The lowest BCUT2D eigenvalue weighted by molar-refractivity contribution is 0.340. The zero-order valence-electron chi connectivity index (χ0n) is 13.9. The van der Waals surface area contributed by atoms with E-state index in [2.05, 4.69) is 20.3 Å². The molecule has 0 amide bonds. The number of rotatable bonds is 2. The average Bonchev–Trinajstić information content (AvgIpc) is 3.27. The van der Waals surface area contributed by atoms with Gasteiger partial charge in [0.05, 0.1) is 11.9 Å². The Morgan fingerprint density at radius 3 is 2.96 bits per heavy atom. The van der Waals surface area contributed by atoms with Gasteiger partial charge in [0.15, 0.2) is 5.65 Å². The van der Waals surface area contributed by atoms with Gasteiger partial charge in [-0.3, -0.25) is 0 Å². The van der Waals surface area contributed by atoms with E-state index in [-0.39, 0.29) is 5.82 Å². The van der Waals surface area contributed by atoms with Gasteiger partial charge in [-0.15, -0.1) is 0 Å². The SMILES string of the molecule is Fc1ccccc1-c1cc(N2C[C@H]3CCCN[C@H]3C2)n2nccc2n1. The summed E-state index contributed by atoms with van der Waals surface area (Å²) in [6.45, 7) is 3.07. The normalized spacial score (nSPS) is 23.2. The molecule has 2 aliphatic heterocycles. The number of benzene rings is 1. The highest BCUT2D eigenvalue weighted by atomic mass is 19.1. The molecule has 2 atom stereocenters. The van der Waals surface area contributed by atoms with Crippen molar-refractivity contribution in [3.05, 3.63) is 48.4 Å². The maximum Gasteiger partial charge on any atom is 0.157 e. The molecule has 6 heteroatoms. The number of piperidine rings is 1. The number of nitrogens with one attached hydrogen (secondary N) is 1. The monoisotopic (exact) mass is 337 g/mol. The molecule has 25 heavy (non-hydrogen) atoms. The van der Waals surface area contributed by atoms with Crippen LogP contribution in [-0.2, 0) is 0 Å². The van der Waals surface area contributed by atoms with Crippen molar-refractivity contribution in [2.24, 2.45) is 5.92 Å². The summed E-state index contributed by atoms with van der Waals surface area (Å²) in [4.78, 5) is 6.97. The largest absolute Gasteiger partial charge is 0.355 e. The van der Waals surface area contributed by atoms with E-state index in [1.54, 1.807) is 18.3 Å². The average molecular weight is 337 g/mol. The molecule has 5 rings (SSSR count). The fourth-order valence-corrected chi connectivity index (χ4v) is 4.16. The molecule has 2 saturated heterocycles. The maximum absolute atomic E-state index is 14.3. The fourth-order valence-electron chi connectivity index (χ4n) is 4.16. The van der Waals surface area contributed by atoms with Gasteiger partial charge in [0.1, 0.15) is 11.6 Å². The molecule has 1 aromatic carbocycles. The van der Waals surface area contributed by atoms with Gasteiger partial charge in [-0.25, -0.2) is 9.37 Å². The Labute approximate surface area is 145 Å². The van der Waals surface area contributed by atoms with Crippen LogP contribution in [0.4, 0.5) is 10.2 Å². The number of hydrogen-bond acceptors (Lipinski definition) is 4. The zero-order valence-corrected chi connectivity index (χ0v) is 13.9. The summed E-state index contributed by atoms with van der Waals surface area (Å²) in [5.41, 5.74) is 1.93. The zero-order chi connectivity index (χ0) is 16.8. The van der Waals surface area contributed by atoms with E-state index < -0.39 is 0 Å². The first kappa shape index (κ1) is 14.8. The van der Waals surface area contributed by atoms with Crippen LogP contribution in [0.25, 0.3) is 16.9 Å². The van der Waals surface area contributed by atoms with Crippen LogP contribution >= 0.6 is 0 Å². The van der Waals surface area contributed by atoms with Crippen LogP contribution in [0, 0.1) is 11.7 Å². The van der Waals surface area contributed by atoms with Crippen LogP contribution in [0.3, 0.4) is 0 Å². The van der Waals surface area contributed by atoms with Crippen molar-refractivity contribution in [3.8, 4) is 11.3 Å². The van der Waals surface area contributed by atoms with Crippen molar-refractivity contribution in [1.29, 1.82) is 0 Å². The molecule has 3 aromatic rings. The second-order valence-corrected chi connectivity index (χ2v) is 6.95. The molecule has 2 aliphatic rings. The summed E-state index contributed by atoms with van der Waals surface area (Å²) < 4.78 is 16.1. The predicted molar refractivity (Wildman–Crippen MR) is 95.1 cm³/mol. The Bertz CT molecular complexity index is 907. The Balaban J connectivity index is 1.60. The van der Waals surface area contributed by atoms with Crippen molar-refractivity contribution in [1.82, 2.24) is 19.9 Å². The molecule has 1 N–H and O–H groups in total. The number of hydrogen-bond donors (Lipinski definition) is 1. The first-order valence-electron chi connectivity index (χ1n) is 8.87. The molecule has 128 valence electrons. The van der Waals surface area contributed by atoms with E-state index in [0.29, 0.717) is 23.2 Å². The standard InChI is InChI=1S/C19H20FN5/c20-15-6-2-1-5-14(15)16-10-19(25-18(23-16)7-9-22-25)24-11-13-4-3-8-21-17(13)12-24/h1-2,5-7,9-10,13,17,21H,3-4,8,11-12H2/t13-,17+/m1/s1. The highest BCUT2D eigenvalue weighted by molar-refractivity contribution is 5.67. The molecular formula is C19H20FN5. The Morgan fingerprint density at radius 1 is 1.16 bits per heavy atom. The first-order chi connectivity index (χ1) is 12.3. The van der Waals surface area contributed by atoms with Crippen LogP contribution in [0.2, 0.25) is 0 Å². The third-order valence-electron chi connectivity index (χ3n) is 5.41. The summed E-state index contributed by atoms with van der Waals surface area (Å²) >= 11 is 0. The van der Waals surface area contributed by atoms with Gasteiger partial charge in [-0.2, -0.15) is 9.61 Å². The molecule has 2 fully saturated rings. The van der Waals surface area contributed by atoms with Crippen LogP contribution in [0.15, 0.2) is 42.6 Å². The lowest BCUT2D eigenvalue weighted by atomic mass is 9.94. The summed E-state index contributed by atoms with van der Waals surface area (Å²) in [5.74, 6) is 1.41. The third kappa shape index (κ3) is 2.48. The van der Waals surface area contributed by atoms with Crippen LogP contribution in [-0.4, -0.2) is 40.3 Å². The second-order valence-electron chi connectivity index (χ2n) is 6.95. The van der Waals surface area contributed by atoms with E-state index in [1.807, 2.05) is 22.7 Å². The minimum absolute atomic E-state index is 0.249. The molecule has 2 aromatic heterocycles. The van der Waals surface area contributed by atoms with Crippen LogP contribution in [0.5, 0.6) is 0 Å². The Morgan fingerprint density at radius 2 is 2.08 bits per heavy atom. The van der Waals surface area contributed by atoms with Gasteiger partial charge in [0.25, 0.3) is 0 Å².